The van der Waals surface area contributed by atoms with Crippen molar-refractivity contribution < 1.29 is 9.63 Å². The van der Waals surface area contributed by atoms with E-state index >= 15 is 0 Å². The van der Waals surface area contributed by atoms with E-state index < -0.39 is 0 Å². The molecule has 0 unspecified atom stereocenters. The molecule has 1 aromatic heterocycles. The van der Waals surface area contributed by atoms with Gasteiger partial charge in [0.05, 0.1) is 12.0 Å². The van der Waals surface area contributed by atoms with Crippen LogP contribution >= 0.6 is 11.3 Å². The van der Waals surface area contributed by atoms with E-state index in [0.29, 0.717) is 0 Å². The van der Waals surface area contributed by atoms with Crippen molar-refractivity contribution in [1.29, 1.82) is 0 Å². The Bertz CT molecular complexity index is 889. The van der Waals surface area contributed by atoms with Gasteiger partial charge in [0.15, 0.2) is 0 Å². The van der Waals surface area contributed by atoms with Gasteiger partial charge >= 0.3 is 0 Å². The molecule has 2 aliphatic rings. The van der Waals surface area contributed by atoms with Crippen LogP contribution in [0.5, 0.6) is 0 Å². The van der Waals surface area contributed by atoms with Crippen molar-refractivity contribution in [2.24, 2.45) is 0 Å². The fourth-order valence-corrected chi connectivity index (χ4v) is 5.20. The van der Waals surface area contributed by atoms with Crippen molar-refractivity contribution in [2.45, 2.75) is 25.7 Å². The number of thiophene rings is 1. The van der Waals surface area contributed by atoms with E-state index in [1.54, 1.807) is 18.4 Å². The molecule has 0 atom stereocenters. The molecule has 1 amide bonds. The molecular formula is C22H26N2O2S. The number of hydrogen-bond donors (Lipinski definition) is 0. The Morgan fingerprint density at radius 3 is 2.59 bits per heavy atom. The minimum Gasteiger partial charge on any atom is -0.306 e. The standard InChI is InChI=1S/C22H26N2O2S/c1-23-12-10-16(11-13-23)21-17-7-5-4-6-15(17)8-9-19-18(21)14-20(27-19)22(25)24(2)26-3/h4-7,14H,8-13H2,1-3H3. The minimum atomic E-state index is -0.0726. The van der Waals surface area contributed by atoms with Crippen LogP contribution in [-0.4, -0.2) is 50.2 Å². The number of amides is 1. The molecule has 27 heavy (non-hydrogen) atoms. The highest BCUT2D eigenvalue weighted by Gasteiger charge is 2.27. The fourth-order valence-electron chi connectivity index (χ4n) is 4.06. The number of carbonyl (C=O) groups excluding carboxylic acids is 1. The maximum absolute atomic E-state index is 12.6. The second-order valence-electron chi connectivity index (χ2n) is 7.37. The summed E-state index contributed by atoms with van der Waals surface area (Å²) in [7, 11) is 5.38. The predicted octanol–water partition coefficient (Wildman–Crippen LogP) is 4.01. The zero-order chi connectivity index (χ0) is 19.0. The van der Waals surface area contributed by atoms with Crippen molar-refractivity contribution in [2.75, 3.05) is 34.3 Å². The second kappa shape index (κ2) is 7.58. The lowest BCUT2D eigenvalue weighted by molar-refractivity contribution is -0.0753. The van der Waals surface area contributed by atoms with Crippen LogP contribution < -0.4 is 0 Å². The first-order valence-corrected chi connectivity index (χ1v) is 10.3. The monoisotopic (exact) mass is 382 g/mol. The van der Waals surface area contributed by atoms with Gasteiger partial charge < -0.3 is 4.90 Å². The van der Waals surface area contributed by atoms with Gasteiger partial charge in [-0.3, -0.25) is 9.63 Å². The molecule has 1 saturated heterocycles. The van der Waals surface area contributed by atoms with Gasteiger partial charge in [-0.15, -0.1) is 11.3 Å². The molecular weight excluding hydrogens is 356 g/mol. The maximum atomic E-state index is 12.6. The molecule has 0 bridgehead atoms. The smallest absolute Gasteiger partial charge is 0.287 e. The first-order valence-electron chi connectivity index (χ1n) is 9.52. The van der Waals surface area contributed by atoms with Crippen LogP contribution in [0.4, 0.5) is 0 Å². The number of nitrogens with zero attached hydrogens (tertiary/aromatic N) is 2. The van der Waals surface area contributed by atoms with Crippen molar-refractivity contribution in [1.82, 2.24) is 9.96 Å². The Labute approximate surface area is 165 Å². The number of benzene rings is 1. The summed E-state index contributed by atoms with van der Waals surface area (Å²) in [6.45, 7) is 2.19. The van der Waals surface area contributed by atoms with Gasteiger partial charge in [0.1, 0.15) is 0 Å². The van der Waals surface area contributed by atoms with E-state index in [1.807, 2.05) is 0 Å². The highest BCUT2D eigenvalue weighted by Crippen LogP contribution is 2.41. The summed E-state index contributed by atoms with van der Waals surface area (Å²) in [5.74, 6) is -0.0726. The van der Waals surface area contributed by atoms with Crippen LogP contribution in [0, 0.1) is 0 Å². The third-order valence-electron chi connectivity index (χ3n) is 5.70. The zero-order valence-corrected chi connectivity index (χ0v) is 17.1. The van der Waals surface area contributed by atoms with Gasteiger partial charge in [0, 0.05) is 25.0 Å². The molecule has 0 N–H and O–H groups in total. The molecule has 0 saturated carbocycles. The average molecular weight is 383 g/mol. The number of rotatable bonds is 2. The number of aryl methyl sites for hydroxylation is 2. The molecule has 1 aliphatic heterocycles. The molecule has 5 heteroatoms. The van der Waals surface area contributed by atoms with E-state index in [2.05, 4.69) is 42.3 Å². The van der Waals surface area contributed by atoms with Crippen LogP contribution in [0.1, 0.15) is 44.1 Å². The normalized spacial score (nSPS) is 17.3. The third-order valence-corrected chi connectivity index (χ3v) is 6.88. The molecule has 1 aromatic carbocycles. The van der Waals surface area contributed by atoms with Crippen molar-refractivity contribution in [3.63, 3.8) is 0 Å². The Balaban J connectivity index is 1.86. The molecule has 2 heterocycles. The third kappa shape index (κ3) is 3.47. The van der Waals surface area contributed by atoms with Crippen LogP contribution in [0.15, 0.2) is 35.9 Å². The highest BCUT2D eigenvalue weighted by atomic mass is 32.1. The van der Waals surface area contributed by atoms with Crippen LogP contribution in [0.25, 0.3) is 5.57 Å². The summed E-state index contributed by atoms with van der Waals surface area (Å²) in [6, 6.07) is 10.9. The first kappa shape index (κ1) is 18.4. The summed E-state index contributed by atoms with van der Waals surface area (Å²) in [5, 5.41) is 1.31. The van der Waals surface area contributed by atoms with E-state index in [-0.39, 0.29) is 5.91 Å². The summed E-state index contributed by atoms with van der Waals surface area (Å²) in [6.07, 6.45) is 4.19. The Kier molecular flexibility index (Phi) is 5.17. The van der Waals surface area contributed by atoms with Crippen LogP contribution in [0.2, 0.25) is 0 Å². The largest absolute Gasteiger partial charge is 0.306 e. The first-order chi connectivity index (χ1) is 13.1. The molecule has 1 aliphatic carbocycles. The van der Waals surface area contributed by atoms with Crippen molar-refractivity contribution >= 4 is 22.8 Å². The summed E-state index contributed by atoms with van der Waals surface area (Å²) < 4.78 is 0. The topological polar surface area (TPSA) is 32.8 Å². The number of piperidine rings is 1. The lowest BCUT2D eigenvalue weighted by Gasteiger charge is -2.27. The molecule has 2 aromatic rings. The van der Waals surface area contributed by atoms with E-state index in [4.69, 9.17) is 4.84 Å². The highest BCUT2D eigenvalue weighted by molar-refractivity contribution is 7.14. The lowest BCUT2D eigenvalue weighted by Crippen LogP contribution is -2.27. The summed E-state index contributed by atoms with van der Waals surface area (Å²) in [4.78, 5) is 22.2. The van der Waals surface area contributed by atoms with E-state index in [9.17, 15) is 4.79 Å². The van der Waals surface area contributed by atoms with Gasteiger partial charge in [-0.2, -0.15) is 0 Å². The zero-order valence-electron chi connectivity index (χ0n) is 16.2. The number of likely N-dealkylation sites (tertiary alicyclic amines) is 1. The van der Waals surface area contributed by atoms with Gasteiger partial charge in [-0.25, -0.2) is 5.06 Å². The molecule has 0 radical (unpaired) electrons. The average Bonchev–Trinajstić information content (AvgIpc) is 3.05. The quantitative estimate of drug-likeness (QED) is 0.736. The molecule has 0 spiro atoms. The summed E-state index contributed by atoms with van der Waals surface area (Å²) >= 11 is 1.62. The van der Waals surface area contributed by atoms with Crippen molar-refractivity contribution in [3.05, 3.63) is 62.3 Å². The van der Waals surface area contributed by atoms with Gasteiger partial charge in [-0.05, 0) is 61.1 Å². The molecule has 1 fully saturated rings. The second-order valence-corrected chi connectivity index (χ2v) is 8.51. The molecule has 4 rings (SSSR count). The number of fused-ring (bicyclic) bond motifs is 2. The van der Waals surface area contributed by atoms with E-state index in [1.165, 1.54) is 44.9 Å². The Hall–Kier alpha value is -1.95. The van der Waals surface area contributed by atoms with Crippen LogP contribution in [-0.2, 0) is 17.7 Å². The maximum Gasteiger partial charge on any atom is 0.287 e. The summed E-state index contributed by atoms with van der Waals surface area (Å²) in [5.41, 5.74) is 6.94. The molecule has 142 valence electrons. The van der Waals surface area contributed by atoms with Gasteiger partial charge in [0.25, 0.3) is 5.91 Å². The Morgan fingerprint density at radius 2 is 1.85 bits per heavy atom. The minimum absolute atomic E-state index is 0.0726. The number of hydrogen-bond acceptors (Lipinski definition) is 4. The molecule has 4 nitrogen and oxygen atoms in total. The van der Waals surface area contributed by atoms with Crippen LogP contribution in [0.3, 0.4) is 0 Å². The number of hydroxylamine groups is 2. The van der Waals surface area contributed by atoms with Gasteiger partial charge in [-0.1, -0.05) is 29.8 Å². The SMILES string of the molecule is CON(C)C(=O)c1cc2c(s1)CCc1ccccc1C2=C1CCN(C)CC1. The Morgan fingerprint density at radius 1 is 1.11 bits per heavy atom. The fraction of sp³-hybridized carbons (Fsp3) is 0.409. The number of carbonyl (C=O) groups is 1. The lowest BCUT2D eigenvalue weighted by atomic mass is 9.87. The van der Waals surface area contributed by atoms with Gasteiger partial charge in [0.2, 0.25) is 0 Å². The predicted molar refractivity (Wildman–Crippen MR) is 110 cm³/mol. The van der Waals surface area contributed by atoms with Crippen molar-refractivity contribution in [3.8, 4) is 0 Å². The van der Waals surface area contributed by atoms with E-state index in [0.717, 1.165) is 43.6 Å².